The molecule has 1 saturated heterocycles. The van der Waals surface area contributed by atoms with Gasteiger partial charge in [-0.2, -0.15) is 4.98 Å². The number of nitrogens with two attached hydrogens (primary N) is 1. The van der Waals surface area contributed by atoms with Crippen molar-refractivity contribution >= 4 is 17.1 Å². The third-order valence-corrected chi connectivity index (χ3v) is 3.14. The summed E-state index contributed by atoms with van der Waals surface area (Å²) < 4.78 is 11.5. The number of aromatic nitrogens is 1. The molecule has 0 radical (unpaired) electrons. The Kier molecular flexibility index (Phi) is 2.93. The van der Waals surface area contributed by atoms with E-state index in [-0.39, 0.29) is 12.2 Å². The summed E-state index contributed by atoms with van der Waals surface area (Å²) in [7, 11) is 0. The lowest BCUT2D eigenvalue weighted by atomic mass is 10.2. The zero-order valence-electron chi connectivity index (χ0n) is 10.4. The number of fused-ring (bicyclic) bond motifs is 1. The molecule has 0 amide bonds. The molecule has 0 aliphatic carbocycles. The number of rotatable bonds is 2. The van der Waals surface area contributed by atoms with Gasteiger partial charge in [-0.05, 0) is 19.1 Å². The summed E-state index contributed by atoms with van der Waals surface area (Å²) in [6, 6.07) is 8.44. The number of anilines is 1. The standard InChI is InChI=1S/C13H17N3O2/c1-9-7-16(8-10(6-14)17-9)13-15-11-4-2-3-5-12(11)18-13/h2-5,9-10H,6-8,14H2,1H3. The number of hydrogen-bond donors (Lipinski definition) is 1. The fraction of sp³-hybridized carbons (Fsp3) is 0.462. The second-order valence-electron chi connectivity index (χ2n) is 4.67. The number of nitrogens with zero attached hydrogens (tertiary/aromatic N) is 2. The quantitative estimate of drug-likeness (QED) is 0.868. The minimum Gasteiger partial charge on any atom is -0.423 e. The Bertz CT molecular complexity index is 507. The van der Waals surface area contributed by atoms with Gasteiger partial charge in [0.2, 0.25) is 0 Å². The topological polar surface area (TPSA) is 64.5 Å². The lowest BCUT2D eigenvalue weighted by Crippen LogP contribution is -2.49. The first-order valence-electron chi connectivity index (χ1n) is 6.22. The van der Waals surface area contributed by atoms with E-state index >= 15 is 0 Å². The molecule has 0 saturated carbocycles. The summed E-state index contributed by atoms with van der Waals surface area (Å²) >= 11 is 0. The van der Waals surface area contributed by atoms with E-state index < -0.39 is 0 Å². The molecule has 5 heteroatoms. The van der Waals surface area contributed by atoms with E-state index in [1.165, 1.54) is 0 Å². The minimum atomic E-state index is 0.0452. The first kappa shape index (κ1) is 11.5. The maximum absolute atomic E-state index is 5.77. The largest absolute Gasteiger partial charge is 0.423 e. The Balaban J connectivity index is 1.88. The number of oxazole rings is 1. The molecule has 3 rings (SSSR count). The van der Waals surface area contributed by atoms with Crippen LogP contribution in [0.1, 0.15) is 6.92 Å². The predicted octanol–water partition coefficient (Wildman–Crippen LogP) is 1.38. The third-order valence-electron chi connectivity index (χ3n) is 3.14. The van der Waals surface area contributed by atoms with Crippen LogP contribution in [0.15, 0.2) is 28.7 Å². The molecule has 1 aromatic carbocycles. The number of benzene rings is 1. The molecule has 18 heavy (non-hydrogen) atoms. The maximum Gasteiger partial charge on any atom is 0.298 e. The number of para-hydroxylation sites is 2. The van der Waals surface area contributed by atoms with Crippen molar-refractivity contribution in [1.82, 2.24) is 4.98 Å². The van der Waals surface area contributed by atoms with E-state index in [0.717, 1.165) is 24.2 Å². The molecule has 1 aromatic heterocycles. The highest BCUT2D eigenvalue weighted by Crippen LogP contribution is 2.24. The smallest absolute Gasteiger partial charge is 0.298 e. The summed E-state index contributed by atoms with van der Waals surface area (Å²) in [5.41, 5.74) is 7.38. The minimum absolute atomic E-state index is 0.0452. The van der Waals surface area contributed by atoms with Gasteiger partial charge in [0.05, 0.1) is 12.2 Å². The van der Waals surface area contributed by atoms with Crippen molar-refractivity contribution in [3.8, 4) is 0 Å². The van der Waals surface area contributed by atoms with E-state index in [1.807, 2.05) is 31.2 Å². The fourth-order valence-electron chi connectivity index (χ4n) is 2.33. The molecule has 2 aromatic rings. The van der Waals surface area contributed by atoms with Crippen LogP contribution in [0.2, 0.25) is 0 Å². The number of ether oxygens (including phenoxy) is 1. The van der Waals surface area contributed by atoms with Gasteiger partial charge in [-0.1, -0.05) is 12.1 Å². The highest BCUT2D eigenvalue weighted by atomic mass is 16.5. The van der Waals surface area contributed by atoms with Gasteiger partial charge in [-0.3, -0.25) is 0 Å². The summed E-state index contributed by atoms with van der Waals surface area (Å²) in [4.78, 5) is 6.61. The molecule has 0 spiro atoms. The van der Waals surface area contributed by atoms with E-state index in [1.54, 1.807) is 0 Å². The van der Waals surface area contributed by atoms with Gasteiger partial charge in [0, 0.05) is 19.6 Å². The van der Waals surface area contributed by atoms with Crippen LogP contribution in [-0.2, 0) is 4.74 Å². The van der Waals surface area contributed by atoms with Gasteiger partial charge in [0.25, 0.3) is 6.01 Å². The van der Waals surface area contributed by atoms with E-state index in [9.17, 15) is 0 Å². The zero-order valence-corrected chi connectivity index (χ0v) is 10.4. The molecule has 1 aliphatic rings. The van der Waals surface area contributed by atoms with E-state index in [4.69, 9.17) is 14.9 Å². The highest BCUT2D eigenvalue weighted by Gasteiger charge is 2.27. The van der Waals surface area contributed by atoms with Gasteiger partial charge in [0.1, 0.15) is 5.52 Å². The number of hydrogen-bond acceptors (Lipinski definition) is 5. The average Bonchev–Trinajstić information content (AvgIpc) is 2.81. The van der Waals surface area contributed by atoms with Crippen LogP contribution in [-0.4, -0.2) is 36.8 Å². The first-order chi connectivity index (χ1) is 8.76. The van der Waals surface area contributed by atoms with Gasteiger partial charge in [-0.15, -0.1) is 0 Å². The SMILES string of the molecule is CC1CN(c2nc3ccccc3o2)CC(CN)O1. The van der Waals surface area contributed by atoms with Crippen molar-refractivity contribution in [2.24, 2.45) is 5.73 Å². The Morgan fingerprint density at radius 3 is 3.00 bits per heavy atom. The molecule has 2 atom stereocenters. The predicted molar refractivity (Wildman–Crippen MR) is 69.6 cm³/mol. The van der Waals surface area contributed by atoms with Crippen molar-refractivity contribution in [3.63, 3.8) is 0 Å². The molecular formula is C13H17N3O2. The van der Waals surface area contributed by atoms with Crippen LogP contribution >= 0.6 is 0 Å². The molecule has 96 valence electrons. The van der Waals surface area contributed by atoms with Crippen LogP contribution in [0, 0.1) is 0 Å². The normalized spacial score (nSPS) is 24.7. The van der Waals surface area contributed by atoms with Gasteiger partial charge in [-0.25, -0.2) is 0 Å². The lowest BCUT2D eigenvalue weighted by Gasteiger charge is -2.35. The fourth-order valence-corrected chi connectivity index (χ4v) is 2.33. The van der Waals surface area contributed by atoms with Crippen molar-refractivity contribution in [2.45, 2.75) is 19.1 Å². The number of morpholine rings is 1. The Morgan fingerprint density at radius 2 is 2.22 bits per heavy atom. The van der Waals surface area contributed by atoms with Gasteiger partial charge in [0.15, 0.2) is 5.58 Å². The Hall–Kier alpha value is -1.59. The van der Waals surface area contributed by atoms with Crippen LogP contribution in [0.3, 0.4) is 0 Å². The van der Waals surface area contributed by atoms with Crippen LogP contribution in [0.4, 0.5) is 6.01 Å². The van der Waals surface area contributed by atoms with Crippen LogP contribution < -0.4 is 10.6 Å². The lowest BCUT2D eigenvalue weighted by molar-refractivity contribution is -0.0118. The summed E-state index contributed by atoms with van der Waals surface area (Å²) in [6.07, 6.45) is 0.186. The van der Waals surface area contributed by atoms with Crippen molar-refractivity contribution in [3.05, 3.63) is 24.3 Å². The first-order valence-corrected chi connectivity index (χ1v) is 6.22. The van der Waals surface area contributed by atoms with Crippen molar-refractivity contribution in [2.75, 3.05) is 24.5 Å². The van der Waals surface area contributed by atoms with Crippen LogP contribution in [0.25, 0.3) is 11.1 Å². The molecule has 5 nitrogen and oxygen atoms in total. The second-order valence-corrected chi connectivity index (χ2v) is 4.67. The summed E-state index contributed by atoms with van der Waals surface area (Å²) in [6.45, 7) is 4.07. The highest BCUT2D eigenvalue weighted by molar-refractivity contribution is 5.74. The van der Waals surface area contributed by atoms with E-state index in [0.29, 0.717) is 12.6 Å². The Labute approximate surface area is 106 Å². The van der Waals surface area contributed by atoms with Crippen molar-refractivity contribution < 1.29 is 9.15 Å². The average molecular weight is 247 g/mol. The second kappa shape index (κ2) is 4.59. The monoisotopic (exact) mass is 247 g/mol. The molecular weight excluding hydrogens is 230 g/mol. The van der Waals surface area contributed by atoms with Gasteiger partial charge < -0.3 is 19.8 Å². The molecule has 2 heterocycles. The summed E-state index contributed by atoms with van der Waals surface area (Å²) in [5, 5.41) is 0. The van der Waals surface area contributed by atoms with Crippen molar-refractivity contribution in [1.29, 1.82) is 0 Å². The third kappa shape index (κ3) is 2.07. The molecule has 2 N–H and O–H groups in total. The molecule has 0 bridgehead atoms. The molecule has 1 aliphatic heterocycles. The Morgan fingerprint density at radius 1 is 1.39 bits per heavy atom. The molecule has 1 fully saturated rings. The van der Waals surface area contributed by atoms with Gasteiger partial charge >= 0.3 is 0 Å². The maximum atomic E-state index is 5.77. The van der Waals surface area contributed by atoms with E-state index in [2.05, 4.69) is 9.88 Å². The molecule has 2 unspecified atom stereocenters. The van der Waals surface area contributed by atoms with Crippen LogP contribution in [0.5, 0.6) is 0 Å². The summed E-state index contributed by atoms with van der Waals surface area (Å²) in [5.74, 6) is 0. The zero-order chi connectivity index (χ0) is 12.5.